The summed E-state index contributed by atoms with van der Waals surface area (Å²) in [5.41, 5.74) is 0. The van der Waals surface area contributed by atoms with Crippen LogP contribution in [0.25, 0.3) is 0 Å². The molecule has 2 nitrogen and oxygen atoms in total. The van der Waals surface area contributed by atoms with E-state index in [1.54, 1.807) is 0 Å². The van der Waals surface area contributed by atoms with Gasteiger partial charge in [-0.2, -0.15) is 0 Å². The second-order valence-corrected chi connectivity index (χ2v) is 6.49. The van der Waals surface area contributed by atoms with Crippen LogP contribution >= 0.6 is 0 Å². The van der Waals surface area contributed by atoms with Gasteiger partial charge in [-0.1, -0.05) is 27.7 Å². The van der Waals surface area contributed by atoms with Crippen molar-refractivity contribution in [1.29, 1.82) is 0 Å². The molecule has 1 unspecified atom stereocenters. The normalized spacial score (nSPS) is 23.6. The highest BCUT2D eigenvalue weighted by atomic mass is 15.1. The van der Waals surface area contributed by atoms with Crippen molar-refractivity contribution in [3.8, 4) is 0 Å². The number of likely N-dealkylation sites (tertiary alicyclic amines) is 1. The van der Waals surface area contributed by atoms with E-state index < -0.39 is 0 Å². The highest BCUT2D eigenvalue weighted by Crippen LogP contribution is 2.20. The zero-order chi connectivity index (χ0) is 12.8. The predicted octanol–water partition coefficient (Wildman–Crippen LogP) is 2.99. The molecule has 1 fully saturated rings. The number of nitrogens with zero attached hydrogens (tertiary/aromatic N) is 1. The highest BCUT2D eigenvalue weighted by molar-refractivity contribution is 4.77. The topological polar surface area (TPSA) is 15.3 Å². The molecule has 17 heavy (non-hydrogen) atoms. The zero-order valence-electron chi connectivity index (χ0n) is 12.5. The van der Waals surface area contributed by atoms with Gasteiger partial charge in [0.1, 0.15) is 0 Å². The number of nitrogens with one attached hydrogen (secondary N) is 1. The van der Waals surface area contributed by atoms with Gasteiger partial charge >= 0.3 is 0 Å². The van der Waals surface area contributed by atoms with E-state index in [-0.39, 0.29) is 0 Å². The molecule has 0 amide bonds. The molecule has 1 heterocycles. The van der Waals surface area contributed by atoms with Crippen LogP contribution in [0.5, 0.6) is 0 Å². The molecule has 0 aromatic carbocycles. The van der Waals surface area contributed by atoms with Gasteiger partial charge in [0.2, 0.25) is 0 Å². The van der Waals surface area contributed by atoms with Crippen LogP contribution in [0, 0.1) is 17.8 Å². The quantitative estimate of drug-likeness (QED) is 0.795. The van der Waals surface area contributed by atoms with Gasteiger partial charge in [-0.05, 0) is 63.7 Å². The Bertz CT molecular complexity index is 193. The molecule has 2 heteroatoms. The fourth-order valence-corrected chi connectivity index (χ4v) is 2.99. The van der Waals surface area contributed by atoms with Gasteiger partial charge in [-0.15, -0.1) is 0 Å². The summed E-state index contributed by atoms with van der Waals surface area (Å²) in [6.45, 7) is 13.1. The Balaban J connectivity index is 2.33. The van der Waals surface area contributed by atoms with Gasteiger partial charge in [0, 0.05) is 6.04 Å². The minimum absolute atomic E-state index is 0.750. The predicted molar refractivity (Wildman–Crippen MR) is 76.3 cm³/mol. The van der Waals surface area contributed by atoms with E-state index in [1.807, 2.05) is 0 Å². The SMILES string of the molecule is CC(C)C(CNC1CCCN(C)CC1)C(C)C. The highest BCUT2D eigenvalue weighted by Gasteiger charge is 2.20. The fraction of sp³-hybridized carbons (Fsp3) is 1.00. The Morgan fingerprint density at radius 3 is 2.29 bits per heavy atom. The standard InChI is InChI=1S/C15H32N2/c1-12(2)15(13(3)4)11-16-14-7-6-9-17(5)10-8-14/h12-16H,6-11H2,1-5H3. The first-order chi connectivity index (χ1) is 8.00. The first-order valence-electron chi connectivity index (χ1n) is 7.42. The van der Waals surface area contributed by atoms with E-state index in [9.17, 15) is 0 Å². The molecule has 1 N–H and O–H groups in total. The molecule has 1 aliphatic heterocycles. The maximum absolute atomic E-state index is 3.82. The summed E-state index contributed by atoms with van der Waals surface area (Å²) in [6, 6.07) is 0.750. The van der Waals surface area contributed by atoms with E-state index in [2.05, 4.69) is 45.0 Å². The zero-order valence-corrected chi connectivity index (χ0v) is 12.5. The first kappa shape index (κ1) is 15.0. The third-order valence-corrected chi connectivity index (χ3v) is 4.31. The maximum Gasteiger partial charge on any atom is 0.00798 e. The van der Waals surface area contributed by atoms with E-state index in [1.165, 1.54) is 38.9 Å². The summed E-state index contributed by atoms with van der Waals surface area (Å²) in [4.78, 5) is 2.46. The summed E-state index contributed by atoms with van der Waals surface area (Å²) >= 11 is 0. The minimum Gasteiger partial charge on any atom is -0.314 e. The third-order valence-electron chi connectivity index (χ3n) is 4.31. The molecule has 0 spiro atoms. The van der Waals surface area contributed by atoms with Crippen molar-refractivity contribution in [3.63, 3.8) is 0 Å². The largest absolute Gasteiger partial charge is 0.314 e. The molecule has 0 aliphatic carbocycles. The third kappa shape index (κ3) is 5.39. The van der Waals surface area contributed by atoms with Gasteiger partial charge in [0.25, 0.3) is 0 Å². The van der Waals surface area contributed by atoms with Crippen LogP contribution in [0.1, 0.15) is 47.0 Å². The van der Waals surface area contributed by atoms with Gasteiger partial charge < -0.3 is 10.2 Å². The molecular weight excluding hydrogens is 208 g/mol. The van der Waals surface area contributed by atoms with E-state index >= 15 is 0 Å². The Labute approximate surface area is 108 Å². The molecule has 0 radical (unpaired) electrons. The molecule has 1 aliphatic rings. The van der Waals surface area contributed by atoms with Crippen molar-refractivity contribution < 1.29 is 0 Å². The van der Waals surface area contributed by atoms with Crippen LogP contribution in [0.2, 0.25) is 0 Å². The van der Waals surface area contributed by atoms with Crippen molar-refractivity contribution in [1.82, 2.24) is 10.2 Å². The maximum atomic E-state index is 3.82. The Kier molecular flexibility index (Phi) is 6.50. The van der Waals surface area contributed by atoms with Crippen LogP contribution in [0.3, 0.4) is 0 Å². The number of hydrogen-bond donors (Lipinski definition) is 1. The molecule has 1 rings (SSSR count). The van der Waals surface area contributed by atoms with Gasteiger partial charge in [0.05, 0.1) is 0 Å². The van der Waals surface area contributed by atoms with Gasteiger partial charge in [0.15, 0.2) is 0 Å². The van der Waals surface area contributed by atoms with Crippen molar-refractivity contribution >= 4 is 0 Å². The lowest BCUT2D eigenvalue weighted by atomic mass is 9.85. The van der Waals surface area contributed by atoms with E-state index in [0.29, 0.717) is 0 Å². The smallest absolute Gasteiger partial charge is 0.00798 e. The molecule has 0 aromatic heterocycles. The van der Waals surface area contributed by atoms with Crippen molar-refractivity contribution in [2.45, 2.75) is 53.0 Å². The van der Waals surface area contributed by atoms with Crippen LogP contribution < -0.4 is 5.32 Å². The monoisotopic (exact) mass is 240 g/mol. The van der Waals surface area contributed by atoms with E-state index in [0.717, 1.165) is 23.8 Å². The summed E-state index contributed by atoms with van der Waals surface area (Å²) in [6.07, 6.45) is 4.02. The molecule has 1 atom stereocenters. The first-order valence-corrected chi connectivity index (χ1v) is 7.42. The lowest BCUT2D eigenvalue weighted by molar-refractivity contribution is 0.260. The number of hydrogen-bond acceptors (Lipinski definition) is 2. The molecular formula is C15H32N2. The molecule has 102 valence electrons. The molecule has 1 saturated heterocycles. The second kappa shape index (κ2) is 7.38. The summed E-state index contributed by atoms with van der Waals surface area (Å²) in [5.74, 6) is 2.39. The van der Waals surface area contributed by atoms with Gasteiger partial charge in [-0.3, -0.25) is 0 Å². The average Bonchev–Trinajstić information content (AvgIpc) is 2.43. The second-order valence-electron chi connectivity index (χ2n) is 6.49. The van der Waals surface area contributed by atoms with Crippen molar-refractivity contribution in [2.75, 3.05) is 26.7 Å². The fourth-order valence-electron chi connectivity index (χ4n) is 2.99. The lowest BCUT2D eigenvalue weighted by Crippen LogP contribution is -2.37. The summed E-state index contributed by atoms with van der Waals surface area (Å²) in [5, 5.41) is 3.82. The van der Waals surface area contributed by atoms with Crippen molar-refractivity contribution in [3.05, 3.63) is 0 Å². The van der Waals surface area contributed by atoms with Crippen LogP contribution in [-0.4, -0.2) is 37.6 Å². The minimum atomic E-state index is 0.750. The Morgan fingerprint density at radius 2 is 1.71 bits per heavy atom. The van der Waals surface area contributed by atoms with Crippen LogP contribution in [-0.2, 0) is 0 Å². The molecule has 0 bridgehead atoms. The van der Waals surface area contributed by atoms with Crippen molar-refractivity contribution in [2.24, 2.45) is 17.8 Å². The number of rotatable bonds is 5. The summed E-state index contributed by atoms with van der Waals surface area (Å²) < 4.78 is 0. The Morgan fingerprint density at radius 1 is 1.06 bits per heavy atom. The lowest BCUT2D eigenvalue weighted by Gasteiger charge is -2.27. The van der Waals surface area contributed by atoms with Crippen LogP contribution in [0.4, 0.5) is 0 Å². The summed E-state index contributed by atoms with van der Waals surface area (Å²) in [7, 11) is 2.24. The van der Waals surface area contributed by atoms with Gasteiger partial charge in [-0.25, -0.2) is 0 Å². The van der Waals surface area contributed by atoms with E-state index in [4.69, 9.17) is 0 Å². The average molecular weight is 240 g/mol. The molecule has 0 saturated carbocycles. The Hall–Kier alpha value is -0.0800. The van der Waals surface area contributed by atoms with Crippen LogP contribution in [0.15, 0.2) is 0 Å². The molecule has 0 aromatic rings.